The molecule has 6 heteroatoms. The van der Waals surface area contributed by atoms with Gasteiger partial charge in [-0.3, -0.25) is 9.36 Å². The van der Waals surface area contributed by atoms with Crippen LogP contribution in [-0.2, 0) is 11.2 Å². The first kappa shape index (κ1) is 21.6. The molecule has 1 heterocycles. The van der Waals surface area contributed by atoms with Crippen LogP contribution in [0.25, 0.3) is 27.2 Å². The van der Waals surface area contributed by atoms with E-state index in [1.54, 1.807) is 28.8 Å². The van der Waals surface area contributed by atoms with Crippen molar-refractivity contribution in [2.75, 3.05) is 13.2 Å². The average molecular weight is 434 g/mol. The Morgan fingerprint density at radius 1 is 0.875 bits per heavy atom. The lowest BCUT2D eigenvalue weighted by Gasteiger charge is -2.15. The maximum atomic E-state index is 11.3. The largest absolute Gasteiger partial charge is 0.494 e. The maximum Gasteiger partial charge on any atom is 0.307 e. The monoisotopic (exact) mass is 433 g/mol. The molecule has 32 heavy (non-hydrogen) atoms. The minimum atomic E-state index is -0.880. The predicted octanol–water partition coefficient (Wildman–Crippen LogP) is 5.69. The molecule has 0 unspecified atom stereocenters. The molecular weight excluding hydrogens is 406 g/mol. The van der Waals surface area contributed by atoms with Gasteiger partial charge >= 0.3 is 5.97 Å². The van der Waals surface area contributed by atoms with Gasteiger partial charge in [-0.25, -0.2) is 0 Å². The molecule has 0 saturated heterocycles. The summed E-state index contributed by atoms with van der Waals surface area (Å²) in [5, 5.41) is 23.5. The van der Waals surface area contributed by atoms with Gasteiger partial charge < -0.3 is 19.7 Å². The summed E-state index contributed by atoms with van der Waals surface area (Å²) >= 11 is 0. The Labute approximate surface area is 186 Å². The standard InChI is InChI=1S/C26H27NO5/c1-3-13-31-24-19-7-5-6-8-20(19)25(32-14-4-2)23-21(24)16-27(26(23)30)18-11-9-17(10-12-18)15-22(28)29/h5-12,16,30H,3-4,13-15H2,1-2H3,(H,28,29). The molecule has 4 rings (SSSR count). The van der Waals surface area contributed by atoms with Gasteiger partial charge in [-0.1, -0.05) is 50.2 Å². The highest BCUT2D eigenvalue weighted by Gasteiger charge is 2.23. The Bertz CT molecular complexity index is 1260. The number of ether oxygens (including phenoxy) is 2. The Hall–Kier alpha value is -3.67. The fraction of sp³-hybridized carbons (Fsp3) is 0.269. The van der Waals surface area contributed by atoms with E-state index in [4.69, 9.17) is 14.6 Å². The molecule has 1 aromatic heterocycles. The van der Waals surface area contributed by atoms with E-state index in [1.807, 2.05) is 37.4 Å². The molecule has 0 radical (unpaired) electrons. The zero-order chi connectivity index (χ0) is 22.7. The number of hydrogen-bond acceptors (Lipinski definition) is 4. The number of aromatic hydroxyl groups is 1. The van der Waals surface area contributed by atoms with E-state index in [0.717, 1.165) is 40.4 Å². The highest BCUT2D eigenvalue weighted by atomic mass is 16.5. The van der Waals surface area contributed by atoms with Gasteiger partial charge in [0.1, 0.15) is 11.5 Å². The van der Waals surface area contributed by atoms with E-state index < -0.39 is 5.97 Å². The molecule has 166 valence electrons. The van der Waals surface area contributed by atoms with Crippen LogP contribution in [0.1, 0.15) is 32.3 Å². The molecule has 0 aliphatic rings. The lowest BCUT2D eigenvalue weighted by molar-refractivity contribution is -0.136. The zero-order valence-electron chi connectivity index (χ0n) is 18.3. The highest BCUT2D eigenvalue weighted by molar-refractivity contribution is 6.13. The number of benzene rings is 3. The molecule has 6 nitrogen and oxygen atoms in total. The average Bonchev–Trinajstić information content (AvgIpc) is 3.13. The van der Waals surface area contributed by atoms with Gasteiger partial charge in [0.2, 0.25) is 5.88 Å². The molecule has 0 amide bonds. The van der Waals surface area contributed by atoms with E-state index in [-0.39, 0.29) is 12.3 Å². The number of fused-ring (bicyclic) bond motifs is 2. The lowest BCUT2D eigenvalue weighted by Crippen LogP contribution is -2.00. The summed E-state index contributed by atoms with van der Waals surface area (Å²) in [6, 6.07) is 15.0. The van der Waals surface area contributed by atoms with Crippen molar-refractivity contribution in [3.63, 3.8) is 0 Å². The van der Waals surface area contributed by atoms with Crippen molar-refractivity contribution >= 4 is 27.5 Å². The van der Waals surface area contributed by atoms with Crippen molar-refractivity contribution in [3.05, 3.63) is 60.3 Å². The van der Waals surface area contributed by atoms with Crippen LogP contribution in [0.4, 0.5) is 0 Å². The van der Waals surface area contributed by atoms with Gasteiger partial charge in [0, 0.05) is 22.7 Å². The fourth-order valence-corrected chi connectivity index (χ4v) is 3.91. The summed E-state index contributed by atoms with van der Waals surface area (Å²) in [6.07, 6.45) is 3.51. The second kappa shape index (κ2) is 9.22. The first-order chi connectivity index (χ1) is 15.5. The van der Waals surface area contributed by atoms with Gasteiger partial charge in [-0.2, -0.15) is 0 Å². The van der Waals surface area contributed by atoms with Crippen molar-refractivity contribution in [2.45, 2.75) is 33.1 Å². The van der Waals surface area contributed by atoms with Crippen molar-refractivity contribution in [2.24, 2.45) is 0 Å². The minimum absolute atomic E-state index is 0.0463. The number of carboxylic acids is 1. The van der Waals surface area contributed by atoms with E-state index in [0.29, 0.717) is 29.9 Å². The van der Waals surface area contributed by atoms with Gasteiger partial charge in [-0.15, -0.1) is 0 Å². The van der Waals surface area contributed by atoms with Gasteiger partial charge in [0.05, 0.1) is 30.4 Å². The molecule has 0 aliphatic carbocycles. The summed E-state index contributed by atoms with van der Waals surface area (Å²) in [4.78, 5) is 11.0. The Kier molecular flexibility index (Phi) is 6.21. The molecular formula is C26H27NO5. The van der Waals surface area contributed by atoms with Crippen molar-refractivity contribution in [3.8, 4) is 23.1 Å². The summed E-state index contributed by atoms with van der Waals surface area (Å²) in [5.74, 6) is 0.538. The molecule has 0 atom stereocenters. The summed E-state index contributed by atoms with van der Waals surface area (Å²) in [5.41, 5.74) is 1.42. The van der Waals surface area contributed by atoms with Crippen molar-refractivity contribution in [1.29, 1.82) is 0 Å². The zero-order valence-corrected chi connectivity index (χ0v) is 18.3. The van der Waals surface area contributed by atoms with Gasteiger partial charge in [0.25, 0.3) is 0 Å². The number of carboxylic acid groups (broad SMARTS) is 1. The van der Waals surface area contributed by atoms with Gasteiger partial charge in [-0.05, 0) is 30.5 Å². The number of aliphatic carboxylic acids is 1. The Balaban J connectivity index is 1.96. The Morgan fingerprint density at radius 2 is 1.47 bits per heavy atom. The van der Waals surface area contributed by atoms with Gasteiger partial charge in [0.15, 0.2) is 0 Å². The normalized spacial score (nSPS) is 11.2. The SMILES string of the molecule is CCCOc1c2ccccc2c(OCCC)c2c(O)n(-c3ccc(CC(=O)O)cc3)cc12. The summed E-state index contributed by atoms with van der Waals surface area (Å²) in [6.45, 7) is 5.19. The fourth-order valence-electron chi connectivity index (χ4n) is 3.91. The van der Waals surface area contributed by atoms with Crippen LogP contribution in [0.3, 0.4) is 0 Å². The van der Waals surface area contributed by atoms with E-state index >= 15 is 0 Å². The highest BCUT2D eigenvalue weighted by Crippen LogP contribution is 2.48. The molecule has 0 aliphatic heterocycles. The minimum Gasteiger partial charge on any atom is -0.494 e. The number of carbonyl (C=O) groups is 1. The molecule has 2 N–H and O–H groups in total. The van der Waals surface area contributed by atoms with E-state index in [9.17, 15) is 9.90 Å². The molecule has 0 spiro atoms. The second-order valence-corrected chi connectivity index (χ2v) is 7.75. The topological polar surface area (TPSA) is 80.9 Å². The van der Waals surface area contributed by atoms with E-state index in [2.05, 4.69) is 6.92 Å². The van der Waals surface area contributed by atoms with Crippen LogP contribution in [0, 0.1) is 0 Å². The van der Waals surface area contributed by atoms with Crippen molar-refractivity contribution < 1.29 is 24.5 Å². The maximum absolute atomic E-state index is 11.3. The summed E-state index contributed by atoms with van der Waals surface area (Å²) in [7, 11) is 0. The van der Waals surface area contributed by atoms with Crippen LogP contribution < -0.4 is 9.47 Å². The molecule has 0 saturated carbocycles. The third kappa shape index (κ3) is 3.96. The van der Waals surface area contributed by atoms with Crippen LogP contribution in [0.15, 0.2) is 54.7 Å². The third-order valence-electron chi connectivity index (χ3n) is 5.34. The number of rotatable bonds is 9. The first-order valence-electron chi connectivity index (χ1n) is 10.9. The first-order valence-corrected chi connectivity index (χ1v) is 10.9. The molecule has 0 bridgehead atoms. The van der Waals surface area contributed by atoms with Crippen LogP contribution >= 0.6 is 0 Å². The number of hydrogen-bond donors (Lipinski definition) is 2. The van der Waals surface area contributed by atoms with Crippen LogP contribution in [-0.4, -0.2) is 34.0 Å². The quantitative estimate of drug-likeness (QED) is 0.354. The third-order valence-corrected chi connectivity index (χ3v) is 5.34. The van der Waals surface area contributed by atoms with Crippen LogP contribution in [0.2, 0.25) is 0 Å². The smallest absolute Gasteiger partial charge is 0.307 e. The van der Waals surface area contributed by atoms with Crippen molar-refractivity contribution in [1.82, 2.24) is 4.57 Å². The number of nitrogens with zero attached hydrogens (tertiary/aromatic N) is 1. The Morgan fingerprint density at radius 3 is 2.06 bits per heavy atom. The number of aromatic nitrogens is 1. The molecule has 0 fully saturated rings. The lowest BCUT2D eigenvalue weighted by atomic mass is 10.0. The second-order valence-electron chi connectivity index (χ2n) is 7.75. The predicted molar refractivity (Wildman–Crippen MR) is 125 cm³/mol. The molecule has 3 aromatic carbocycles. The van der Waals surface area contributed by atoms with Crippen LogP contribution in [0.5, 0.6) is 17.4 Å². The van der Waals surface area contributed by atoms with E-state index in [1.165, 1.54) is 0 Å². The summed E-state index contributed by atoms with van der Waals surface area (Å²) < 4.78 is 14.0. The molecule has 4 aromatic rings.